The molecule has 1 heterocycles. The van der Waals surface area contributed by atoms with Gasteiger partial charge in [-0.3, -0.25) is 4.79 Å². The van der Waals surface area contributed by atoms with Crippen molar-refractivity contribution < 1.29 is 9.53 Å². The first-order valence-corrected chi connectivity index (χ1v) is 5.97. The Morgan fingerprint density at radius 2 is 2.18 bits per heavy atom. The third kappa shape index (κ3) is 1.47. The molecule has 0 bridgehead atoms. The average Bonchev–Trinajstić information content (AvgIpc) is 2.43. The van der Waals surface area contributed by atoms with Gasteiger partial charge in [0.1, 0.15) is 11.4 Å². The minimum Gasteiger partial charge on any atom is -0.494 e. The molecule has 90 valence electrons. The van der Waals surface area contributed by atoms with Crippen LogP contribution in [-0.4, -0.2) is 19.6 Å². The number of rotatable bonds is 1. The van der Waals surface area contributed by atoms with Crippen LogP contribution in [0.2, 0.25) is 0 Å². The molecule has 0 radical (unpaired) electrons. The van der Waals surface area contributed by atoms with Gasteiger partial charge in [-0.1, -0.05) is 12.5 Å². The summed E-state index contributed by atoms with van der Waals surface area (Å²) in [4.78, 5) is 12.2. The Balaban J connectivity index is 1.99. The molecule has 0 saturated heterocycles. The van der Waals surface area contributed by atoms with E-state index in [1.165, 1.54) is 0 Å². The highest BCUT2D eigenvalue weighted by atomic mass is 16.5. The molecule has 1 spiro atoms. The van der Waals surface area contributed by atoms with Gasteiger partial charge in [0, 0.05) is 6.54 Å². The predicted octanol–water partition coefficient (Wildman–Crippen LogP) is 2.23. The molecule has 0 atom stereocenters. The van der Waals surface area contributed by atoms with E-state index < -0.39 is 0 Å². The van der Waals surface area contributed by atoms with Crippen molar-refractivity contribution in [3.8, 4) is 5.75 Å². The van der Waals surface area contributed by atoms with Crippen LogP contribution in [0, 0.1) is 5.41 Å². The van der Waals surface area contributed by atoms with E-state index in [1.807, 2.05) is 18.2 Å². The zero-order valence-electron chi connectivity index (χ0n) is 9.88. The summed E-state index contributed by atoms with van der Waals surface area (Å²) >= 11 is 0. The number of hydrogen-bond donors (Lipinski definition) is 2. The maximum Gasteiger partial charge on any atom is 0.232 e. The lowest BCUT2D eigenvalue weighted by Crippen LogP contribution is -2.45. The van der Waals surface area contributed by atoms with Gasteiger partial charge in [-0.25, -0.2) is 0 Å². The van der Waals surface area contributed by atoms with Crippen molar-refractivity contribution in [3.63, 3.8) is 0 Å². The van der Waals surface area contributed by atoms with Crippen molar-refractivity contribution in [2.75, 3.05) is 24.3 Å². The number of nitrogens with one attached hydrogen (secondary N) is 2. The molecule has 1 amide bonds. The van der Waals surface area contributed by atoms with Gasteiger partial charge in [-0.15, -0.1) is 0 Å². The molecule has 17 heavy (non-hydrogen) atoms. The van der Waals surface area contributed by atoms with Crippen LogP contribution in [-0.2, 0) is 4.79 Å². The molecule has 2 N–H and O–H groups in total. The van der Waals surface area contributed by atoms with E-state index in [2.05, 4.69) is 10.6 Å². The van der Waals surface area contributed by atoms with Gasteiger partial charge in [0.05, 0.1) is 18.2 Å². The van der Waals surface area contributed by atoms with Crippen molar-refractivity contribution in [1.29, 1.82) is 0 Å². The molecule has 2 aliphatic rings. The molecule has 0 unspecified atom stereocenters. The normalized spacial score (nSPS) is 20.6. The summed E-state index contributed by atoms with van der Waals surface area (Å²) in [6.45, 7) is 0.721. The van der Waals surface area contributed by atoms with Crippen LogP contribution in [0.5, 0.6) is 5.75 Å². The first kappa shape index (κ1) is 10.4. The quantitative estimate of drug-likeness (QED) is 0.780. The van der Waals surface area contributed by atoms with E-state index in [4.69, 9.17) is 4.74 Å². The summed E-state index contributed by atoms with van der Waals surface area (Å²) in [5.74, 6) is 0.833. The number of methoxy groups -OCH3 is 1. The molecule has 1 fully saturated rings. The number of amides is 1. The fourth-order valence-corrected chi connectivity index (χ4v) is 2.58. The molecule has 4 nitrogen and oxygen atoms in total. The molecule has 1 aliphatic heterocycles. The van der Waals surface area contributed by atoms with E-state index in [-0.39, 0.29) is 11.3 Å². The number of carbonyl (C=O) groups excluding carboxylic acids is 1. The maximum atomic E-state index is 12.2. The van der Waals surface area contributed by atoms with Crippen molar-refractivity contribution in [2.24, 2.45) is 5.41 Å². The smallest absolute Gasteiger partial charge is 0.232 e. The van der Waals surface area contributed by atoms with Crippen LogP contribution in [0.3, 0.4) is 0 Å². The number of benzene rings is 1. The second kappa shape index (κ2) is 3.65. The third-order valence-electron chi connectivity index (χ3n) is 3.89. The molecule has 3 rings (SSSR count). The second-order valence-corrected chi connectivity index (χ2v) is 4.82. The average molecular weight is 232 g/mol. The topological polar surface area (TPSA) is 50.4 Å². The Labute approximate surface area is 100 Å². The van der Waals surface area contributed by atoms with E-state index in [1.54, 1.807) is 7.11 Å². The fraction of sp³-hybridized carbons (Fsp3) is 0.462. The second-order valence-electron chi connectivity index (χ2n) is 4.82. The lowest BCUT2D eigenvalue weighted by molar-refractivity contribution is -0.129. The lowest BCUT2D eigenvalue weighted by Gasteiger charge is -2.38. The van der Waals surface area contributed by atoms with Crippen molar-refractivity contribution in [2.45, 2.75) is 19.3 Å². The van der Waals surface area contributed by atoms with Gasteiger partial charge in [0.2, 0.25) is 5.91 Å². The number of fused-ring (bicyclic) bond motifs is 1. The monoisotopic (exact) mass is 232 g/mol. The highest BCUT2D eigenvalue weighted by molar-refractivity contribution is 6.02. The molecule has 1 aromatic carbocycles. The largest absolute Gasteiger partial charge is 0.494 e. The van der Waals surface area contributed by atoms with Crippen LogP contribution < -0.4 is 15.4 Å². The Hall–Kier alpha value is -1.71. The number of carbonyl (C=O) groups is 1. The number of anilines is 2. The first-order chi connectivity index (χ1) is 8.25. The fourth-order valence-electron chi connectivity index (χ4n) is 2.58. The standard InChI is InChI=1S/C13H16N2O2/c1-17-10-5-2-4-9-11(10)15-12(16)13(8-14-9)6-3-7-13/h2,4-5,14H,3,6-8H2,1H3,(H,15,16). The molecule has 4 heteroatoms. The SMILES string of the molecule is COc1cccc2c1NC(=O)C1(CCC1)CN2. The van der Waals surface area contributed by atoms with Gasteiger partial charge in [0.25, 0.3) is 0 Å². The summed E-state index contributed by atoms with van der Waals surface area (Å²) in [7, 11) is 1.62. The van der Waals surface area contributed by atoms with Gasteiger partial charge in [-0.2, -0.15) is 0 Å². The summed E-state index contributed by atoms with van der Waals surface area (Å²) in [5, 5.41) is 6.37. The van der Waals surface area contributed by atoms with Gasteiger partial charge >= 0.3 is 0 Å². The summed E-state index contributed by atoms with van der Waals surface area (Å²) in [6.07, 6.45) is 3.09. The Morgan fingerprint density at radius 1 is 1.35 bits per heavy atom. The van der Waals surface area contributed by atoms with Gasteiger partial charge in [0.15, 0.2) is 0 Å². The minimum absolute atomic E-state index is 0.125. The van der Waals surface area contributed by atoms with Crippen LogP contribution >= 0.6 is 0 Å². The minimum atomic E-state index is -0.204. The molecule has 1 aromatic rings. The molecule has 1 aliphatic carbocycles. The Morgan fingerprint density at radius 3 is 2.82 bits per heavy atom. The van der Waals surface area contributed by atoms with Crippen LogP contribution in [0.15, 0.2) is 18.2 Å². The molecular weight excluding hydrogens is 216 g/mol. The highest BCUT2D eigenvalue weighted by Gasteiger charge is 2.45. The number of hydrogen-bond acceptors (Lipinski definition) is 3. The lowest BCUT2D eigenvalue weighted by atomic mass is 9.68. The van der Waals surface area contributed by atoms with Crippen LogP contribution in [0.1, 0.15) is 19.3 Å². The highest BCUT2D eigenvalue weighted by Crippen LogP contribution is 2.46. The third-order valence-corrected chi connectivity index (χ3v) is 3.89. The Kier molecular flexibility index (Phi) is 2.24. The van der Waals surface area contributed by atoms with Crippen LogP contribution in [0.25, 0.3) is 0 Å². The van der Waals surface area contributed by atoms with E-state index in [9.17, 15) is 4.79 Å². The zero-order chi connectivity index (χ0) is 11.9. The summed E-state index contributed by atoms with van der Waals surface area (Å²) < 4.78 is 5.28. The molecule has 1 saturated carbocycles. The van der Waals surface area contributed by atoms with Crippen molar-refractivity contribution >= 4 is 17.3 Å². The van der Waals surface area contributed by atoms with E-state index in [0.29, 0.717) is 5.75 Å². The van der Waals surface area contributed by atoms with Gasteiger partial charge in [-0.05, 0) is 25.0 Å². The summed E-state index contributed by atoms with van der Waals surface area (Å²) in [5.41, 5.74) is 1.51. The number of para-hydroxylation sites is 1. The maximum absolute atomic E-state index is 12.2. The summed E-state index contributed by atoms with van der Waals surface area (Å²) in [6, 6.07) is 5.75. The van der Waals surface area contributed by atoms with E-state index >= 15 is 0 Å². The van der Waals surface area contributed by atoms with E-state index in [0.717, 1.165) is 37.2 Å². The molecular formula is C13H16N2O2. The van der Waals surface area contributed by atoms with Crippen LogP contribution in [0.4, 0.5) is 11.4 Å². The predicted molar refractivity (Wildman–Crippen MR) is 66.4 cm³/mol. The number of ether oxygens (including phenoxy) is 1. The van der Waals surface area contributed by atoms with Crippen molar-refractivity contribution in [3.05, 3.63) is 18.2 Å². The van der Waals surface area contributed by atoms with Gasteiger partial charge < -0.3 is 15.4 Å². The first-order valence-electron chi connectivity index (χ1n) is 5.97. The zero-order valence-corrected chi connectivity index (χ0v) is 9.88. The molecule has 0 aromatic heterocycles. The van der Waals surface area contributed by atoms with Crippen molar-refractivity contribution in [1.82, 2.24) is 0 Å². The Bertz CT molecular complexity index is 466.